The van der Waals surface area contributed by atoms with E-state index in [1.54, 1.807) is 29.2 Å². The number of hydrogen-bond donors (Lipinski definition) is 1. The molecule has 1 N–H and O–H groups in total. The molecule has 0 unspecified atom stereocenters. The summed E-state index contributed by atoms with van der Waals surface area (Å²) in [6.07, 6.45) is 1.33. The molecule has 1 aromatic heterocycles. The van der Waals surface area contributed by atoms with E-state index >= 15 is 0 Å². The van der Waals surface area contributed by atoms with Gasteiger partial charge >= 0.3 is 0 Å². The molecule has 3 rings (SSSR count). The minimum Gasteiger partial charge on any atom is -0.366 e. The number of hydrogen-bond acceptors (Lipinski definition) is 4. The normalized spacial score (nSPS) is 10.5. The van der Waals surface area contributed by atoms with Gasteiger partial charge in [-0.05, 0) is 37.6 Å². The number of aromatic nitrogens is 2. The van der Waals surface area contributed by atoms with Crippen LogP contribution >= 0.6 is 0 Å². The predicted octanol–water partition coefficient (Wildman–Crippen LogP) is 4.20. The molecule has 0 radical (unpaired) electrons. The fourth-order valence-electron chi connectivity index (χ4n) is 2.78. The van der Waals surface area contributed by atoms with Crippen LogP contribution in [0, 0.1) is 12.7 Å². The number of halogens is 1. The Morgan fingerprint density at radius 3 is 2.67 bits per heavy atom. The fourth-order valence-corrected chi connectivity index (χ4v) is 2.78. The van der Waals surface area contributed by atoms with E-state index in [2.05, 4.69) is 15.3 Å². The number of nitrogens with one attached hydrogen (secondary N) is 1. The summed E-state index contributed by atoms with van der Waals surface area (Å²) in [6, 6.07) is 15.9. The summed E-state index contributed by atoms with van der Waals surface area (Å²) in [7, 11) is 0. The van der Waals surface area contributed by atoms with Crippen LogP contribution in [0.5, 0.6) is 0 Å². The van der Waals surface area contributed by atoms with Crippen molar-refractivity contribution in [3.05, 3.63) is 83.6 Å². The van der Waals surface area contributed by atoms with Crippen LogP contribution in [-0.2, 0) is 6.54 Å². The Kier molecular flexibility index (Phi) is 5.76. The zero-order chi connectivity index (χ0) is 19.2. The highest BCUT2D eigenvalue weighted by Crippen LogP contribution is 2.19. The molecule has 0 saturated carbocycles. The second-order valence-electron chi connectivity index (χ2n) is 6.12. The molecule has 5 nitrogen and oxygen atoms in total. The predicted molar refractivity (Wildman–Crippen MR) is 104 cm³/mol. The Bertz CT molecular complexity index is 945. The largest absolute Gasteiger partial charge is 0.366 e. The van der Waals surface area contributed by atoms with Crippen LogP contribution in [0.2, 0.25) is 0 Å². The van der Waals surface area contributed by atoms with Crippen molar-refractivity contribution in [1.82, 2.24) is 9.97 Å². The number of carbonyl (C=O) groups is 1. The lowest BCUT2D eigenvalue weighted by Gasteiger charge is -2.21. The number of nitrogens with zero attached hydrogens (tertiary/aromatic N) is 3. The summed E-state index contributed by atoms with van der Waals surface area (Å²) in [5, 5.41) is 3.04. The topological polar surface area (TPSA) is 58.1 Å². The number of benzene rings is 2. The van der Waals surface area contributed by atoms with Gasteiger partial charge < -0.3 is 10.2 Å². The van der Waals surface area contributed by atoms with Gasteiger partial charge in [0.25, 0.3) is 5.91 Å². The molecule has 0 spiro atoms. The molecular weight excluding hydrogens is 343 g/mol. The highest BCUT2D eigenvalue weighted by molar-refractivity contribution is 6.05. The minimum atomic E-state index is -0.285. The van der Waals surface area contributed by atoms with Crippen molar-refractivity contribution < 1.29 is 9.18 Å². The fraction of sp³-hybridized carbons (Fsp3) is 0.190. The number of amides is 1. The lowest BCUT2D eigenvalue weighted by molar-refractivity contribution is 0.0983. The third kappa shape index (κ3) is 4.47. The molecule has 1 heterocycles. The highest BCUT2D eigenvalue weighted by atomic mass is 19.1. The molecule has 0 aliphatic rings. The van der Waals surface area contributed by atoms with Crippen LogP contribution < -0.4 is 10.2 Å². The van der Waals surface area contributed by atoms with Crippen LogP contribution in [0.25, 0.3) is 0 Å². The van der Waals surface area contributed by atoms with E-state index in [4.69, 9.17) is 0 Å². The first-order valence-electron chi connectivity index (χ1n) is 8.76. The lowest BCUT2D eigenvalue weighted by atomic mass is 10.2. The Morgan fingerprint density at radius 2 is 1.93 bits per heavy atom. The maximum Gasteiger partial charge on any atom is 0.277 e. The number of carbonyl (C=O) groups excluding carboxylic acids is 1. The number of aryl methyl sites for hydroxylation is 1. The molecule has 0 fully saturated rings. The second-order valence-corrected chi connectivity index (χ2v) is 6.12. The van der Waals surface area contributed by atoms with Gasteiger partial charge in [0.15, 0.2) is 0 Å². The van der Waals surface area contributed by atoms with E-state index in [1.807, 2.05) is 38.1 Å². The molecular formula is C21H21FN4O. The van der Waals surface area contributed by atoms with Gasteiger partial charge in [-0.1, -0.05) is 30.3 Å². The van der Waals surface area contributed by atoms with Gasteiger partial charge in [-0.15, -0.1) is 0 Å². The standard InChI is InChI=1S/C21H21FN4O/c1-3-26(17-9-6-7-15(2)11-17)21(27)19-12-20(25-14-24-19)23-13-16-8-4-5-10-18(16)22/h4-12,14H,3,13H2,1-2H3,(H,23,24,25). The molecule has 6 heteroatoms. The van der Waals surface area contributed by atoms with E-state index in [1.165, 1.54) is 12.4 Å². The van der Waals surface area contributed by atoms with Crippen molar-refractivity contribution in [2.45, 2.75) is 20.4 Å². The summed E-state index contributed by atoms with van der Waals surface area (Å²) < 4.78 is 13.7. The molecule has 2 aromatic carbocycles. The van der Waals surface area contributed by atoms with E-state index < -0.39 is 0 Å². The average molecular weight is 364 g/mol. The minimum absolute atomic E-state index is 0.209. The number of rotatable bonds is 6. The zero-order valence-corrected chi connectivity index (χ0v) is 15.3. The quantitative estimate of drug-likeness (QED) is 0.712. The van der Waals surface area contributed by atoms with Crippen LogP contribution in [0.1, 0.15) is 28.5 Å². The third-order valence-corrected chi connectivity index (χ3v) is 4.18. The molecule has 27 heavy (non-hydrogen) atoms. The van der Waals surface area contributed by atoms with Gasteiger partial charge in [0, 0.05) is 30.4 Å². The van der Waals surface area contributed by atoms with E-state index in [-0.39, 0.29) is 24.0 Å². The van der Waals surface area contributed by atoms with Crippen LogP contribution in [0.15, 0.2) is 60.9 Å². The van der Waals surface area contributed by atoms with Crippen molar-refractivity contribution in [3.8, 4) is 0 Å². The molecule has 138 valence electrons. The molecule has 0 aliphatic carbocycles. The van der Waals surface area contributed by atoms with Crippen LogP contribution in [-0.4, -0.2) is 22.4 Å². The Balaban J connectivity index is 1.77. The second kappa shape index (κ2) is 8.40. The third-order valence-electron chi connectivity index (χ3n) is 4.18. The molecule has 0 atom stereocenters. The zero-order valence-electron chi connectivity index (χ0n) is 15.3. The van der Waals surface area contributed by atoms with Gasteiger partial charge in [-0.2, -0.15) is 0 Å². The maximum absolute atomic E-state index is 13.7. The molecule has 3 aromatic rings. The Hall–Kier alpha value is -3.28. The number of anilines is 2. The van der Waals surface area contributed by atoms with Crippen molar-refractivity contribution in [2.24, 2.45) is 0 Å². The van der Waals surface area contributed by atoms with Crippen molar-refractivity contribution in [1.29, 1.82) is 0 Å². The summed E-state index contributed by atoms with van der Waals surface area (Å²) in [4.78, 5) is 22.8. The first-order valence-corrected chi connectivity index (χ1v) is 8.76. The maximum atomic E-state index is 13.7. The summed E-state index contributed by atoms with van der Waals surface area (Å²) in [5.74, 6) is -0.0247. The highest BCUT2D eigenvalue weighted by Gasteiger charge is 2.18. The first-order chi connectivity index (χ1) is 13.1. The Morgan fingerprint density at radius 1 is 1.11 bits per heavy atom. The molecule has 0 saturated heterocycles. The monoisotopic (exact) mass is 364 g/mol. The van der Waals surface area contributed by atoms with Gasteiger partial charge in [-0.25, -0.2) is 14.4 Å². The SMILES string of the molecule is CCN(C(=O)c1cc(NCc2ccccc2F)ncn1)c1cccc(C)c1. The van der Waals surface area contributed by atoms with Gasteiger partial charge in [0.2, 0.25) is 0 Å². The van der Waals surface area contributed by atoms with E-state index in [0.29, 0.717) is 17.9 Å². The Labute approximate surface area is 157 Å². The van der Waals surface area contributed by atoms with Crippen molar-refractivity contribution in [2.75, 3.05) is 16.8 Å². The molecule has 0 bridgehead atoms. The van der Waals surface area contributed by atoms with Crippen molar-refractivity contribution in [3.63, 3.8) is 0 Å². The average Bonchev–Trinajstić information content (AvgIpc) is 2.68. The molecule has 0 aliphatic heterocycles. The van der Waals surface area contributed by atoms with Gasteiger partial charge in [0.1, 0.15) is 23.7 Å². The van der Waals surface area contributed by atoms with Crippen molar-refractivity contribution >= 4 is 17.4 Å². The van der Waals surface area contributed by atoms with Gasteiger partial charge in [0.05, 0.1) is 0 Å². The summed E-state index contributed by atoms with van der Waals surface area (Å²) >= 11 is 0. The summed E-state index contributed by atoms with van der Waals surface area (Å²) in [5.41, 5.74) is 2.71. The summed E-state index contributed by atoms with van der Waals surface area (Å²) in [6.45, 7) is 4.69. The smallest absolute Gasteiger partial charge is 0.277 e. The van der Waals surface area contributed by atoms with Gasteiger partial charge in [-0.3, -0.25) is 4.79 Å². The first kappa shape index (κ1) is 18.5. The van der Waals surface area contributed by atoms with E-state index in [0.717, 1.165) is 11.3 Å². The van der Waals surface area contributed by atoms with E-state index in [9.17, 15) is 9.18 Å². The lowest BCUT2D eigenvalue weighted by Crippen LogP contribution is -2.31. The van der Waals surface area contributed by atoms with Crippen LogP contribution in [0.3, 0.4) is 0 Å². The van der Waals surface area contributed by atoms with Crippen LogP contribution in [0.4, 0.5) is 15.9 Å². The molecule has 1 amide bonds.